The van der Waals surface area contributed by atoms with Crippen LogP contribution in [-0.2, 0) is 11.2 Å². The van der Waals surface area contributed by atoms with E-state index >= 15 is 0 Å². The molecule has 1 aromatic heterocycles. The van der Waals surface area contributed by atoms with Crippen molar-refractivity contribution in [3.63, 3.8) is 0 Å². The van der Waals surface area contributed by atoms with Gasteiger partial charge in [0.2, 0.25) is 0 Å². The van der Waals surface area contributed by atoms with Crippen LogP contribution in [-0.4, -0.2) is 10.8 Å². The summed E-state index contributed by atoms with van der Waals surface area (Å²) in [6, 6.07) is 0. The molecule has 0 radical (unpaired) electrons. The number of hydrogen-bond donors (Lipinski definition) is 0. The van der Waals surface area contributed by atoms with E-state index in [1.54, 1.807) is 11.3 Å². The van der Waals surface area contributed by atoms with E-state index in [0.717, 1.165) is 37.1 Å². The van der Waals surface area contributed by atoms with Crippen LogP contribution in [0.4, 0.5) is 0 Å². The molecule has 2 nitrogen and oxygen atoms in total. The van der Waals surface area contributed by atoms with Crippen LogP contribution in [0.15, 0.2) is 23.2 Å². The van der Waals surface area contributed by atoms with Crippen molar-refractivity contribution in [3.8, 4) is 0 Å². The SMILES string of the molecule is O=C1C=C(Cc2nccs2)CCCC1. The van der Waals surface area contributed by atoms with Crippen molar-refractivity contribution in [3.05, 3.63) is 28.2 Å². The van der Waals surface area contributed by atoms with Gasteiger partial charge in [-0.1, -0.05) is 5.57 Å². The lowest BCUT2D eigenvalue weighted by molar-refractivity contribution is -0.114. The van der Waals surface area contributed by atoms with Crippen molar-refractivity contribution < 1.29 is 4.79 Å². The average Bonchev–Trinajstić information content (AvgIpc) is 2.56. The molecule has 74 valence electrons. The summed E-state index contributed by atoms with van der Waals surface area (Å²) in [5.41, 5.74) is 1.25. The highest BCUT2D eigenvalue weighted by atomic mass is 32.1. The molecule has 0 saturated heterocycles. The van der Waals surface area contributed by atoms with Gasteiger partial charge in [0.15, 0.2) is 5.78 Å². The lowest BCUT2D eigenvalue weighted by Crippen LogP contribution is -1.93. The molecule has 0 N–H and O–H groups in total. The van der Waals surface area contributed by atoms with E-state index in [1.807, 2.05) is 17.7 Å². The summed E-state index contributed by atoms with van der Waals surface area (Å²) in [6.07, 6.45) is 8.48. The van der Waals surface area contributed by atoms with Crippen LogP contribution in [0.5, 0.6) is 0 Å². The fraction of sp³-hybridized carbons (Fsp3) is 0.455. The molecule has 0 aliphatic heterocycles. The van der Waals surface area contributed by atoms with Crippen molar-refractivity contribution >= 4 is 17.1 Å². The quantitative estimate of drug-likeness (QED) is 0.746. The molecule has 3 heteroatoms. The predicted molar refractivity (Wildman–Crippen MR) is 57.4 cm³/mol. The Bertz CT molecular complexity index is 340. The van der Waals surface area contributed by atoms with Crippen molar-refractivity contribution in [2.45, 2.75) is 32.1 Å². The Morgan fingerprint density at radius 2 is 2.21 bits per heavy atom. The summed E-state index contributed by atoms with van der Waals surface area (Å²) in [5, 5.41) is 3.10. The number of aromatic nitrogens is 1. The third-order valence-electron chi connectivity index (χ3n) is 2.40. The molecule has 1 aromatic rings. The summed E-state index contributed by atoms with van der Waals surface area (Å²) in [4.78, 5) is 15.6. The summed E-state index contributed by atoms with van der Waals surface area (Å²) in [7, 11) is 0. The molecular weight excluding hydrogens is 194 g/mol. The highest BCUT2D eigenvalue weighted by Crippen LogP contribution is 2.20. The smallest absolute Gasteiger partial charge is 0.155 e. The minimum atomic E-state index is 0.286. The molecule has 14 heavy (non-hydrogen) atoms. The molecule has 0 amide bonds. The fourth-order valence-electron chi connectivity index (χ4n) is 1.70. The molecular formula is C11H13NOS. The zero-order valence-corrected chi connectivity index (χ0v) is 8.85. The van der Waals surface area contributed by atoms with Gasteiger partial charge in [0.05, 0.1) is 5.01 Å². The lowest BCUT2D eigenvalue weighted by Gasteiger charge is -2.00. The van der Waals surface area contributed by atoms with Crippen LogP contribution in [0.3, 0.4) is 0 Å². The topological polar surface area (TPSA) is 30.0 Å². The molecule has 0 spiro atoms. The standard InChI is InChI=1S/C11H13NOS/c13-10-4-2-1-3-9(7-10)8-11-12-5-6-14-11/h5-7H,1-4,8H2. The maximum absolute atomic E-state index is 11.3. The monoisotopic (exact) mass is 207 g/mol. The molecule has 0 saturated carbocycles. The first-order chi connectivity index (χ1) is 6.84. The van der Waals surface area contributed by atoms with Gasteiger partial charge >= 0.3 is 0 Å². The predicted octanol–water partition coefficient (Wildman–Crippen LogP) is 2.76. The number of allylic oxidation sites excluding steroid dienone is 2. The van der Waals surface area contributed by atoms with E-state index in [2.05, 4.69) is 4.98 Å². The number of carbonyl (C=O) groups excluding carboxylic acids is 1. The summed E-state index contributed by atoms with van der Waals surface area (Å²) in [6.45, 7) is 0. The van der Waals surface area contributed by atoms with Crippen molar-refractivity contribution in [2.24, 2.45) is 0 Å². The van der Waals surface area contributed by atoms with Crippen LogP contribution < -0.4 is 0 Å². The van der Waals surface area contributed by atoms with Gasteiger partial charge < -0.3 is 0 Å². The average molecular weight is 207 g/mol. The maximum Gasteiger partial charge on any atom is 0.155 e. The van der Waals surface area contributed by atoms with Crippen molar-refractivity contribution in [2.75, 3.05) is 0 Å². The summed E-state index contributed by atoms with van der Waals surface area (Å²) < 4.78 is 0. The van der Waals surface area contributed by atoms with Crippen LogP contribution in [0.2, 0.25) is 0 Å². The number of thiazole rings is 1. The molecule has 0 unspecified atom stereocenters. The molecule has 0 aromatic carbocycles. The number of nitrogens with zero attached hydrogens (tertiary/aromatic N) is 1. The van der Waals surface area contributed by atoms with Crippen LogP contribution in [0.1, 0.15) is 30.7 Å². The van der Waals surface area contributed by atoms with Crippen LogP contribution in [0, 0.1) is 0 Å². The minimum absolute atomic E-state index is 0.286. The zero-order chi connectivity index (χ0) is 9.80. The van der Waals surface area contributed by atoms with Gasteiger partial charge in [-0.3, -0.25) is 4.79 Å². The molecule has 1 heterocycles. The number of rotatable bonds is 2. The van der Waals surface area contributed by atoms with E-state index in [9.17, 15) is 4.79 Å². The molecule has 0 fully saturated rings. The second-order valence-electron chi connectivity index (χ2n) is 3.58. The number of hydrogen-bond acceptors (Lipinski definition) is 3. The van der Waals surface area contributed by atoms with E-state index in [1.165, 1.54) is 5.57 Å². The first-order valence-electron chi connectivity index (χ1n) is 4.95. The molecule has 1 aliphatic rings. The molecule has 1 aliphatic carbocycles. The number of carbonyl (C=O) groups is 1. The van der Waals surface area contributed by atoms with Crippen molar-refractivity contribution in [1.82, 2.24) is 4.98 Å². The fourth-order valence-corrected chi connectivity index (χ4v) is 2.37. The second-order valence-corrected chi connectivity index (χ2v) is 4.56. The van der Waals surface area contributed by atoms with E-state index in [4.69, 9.17) is 0 Å². The Morgan fingerprint density at radius 1 is 1.36 bits per heavy atom. The van der Waals surface area contributed by atoms with Gasteiger partial charge in [0.25, 0.3) is 0 Å². The van der Waals surface area contributed by atoms with E-state index < -0.39 is 0 Å². The first-order valence-corrected chi connectivity index (χ1v) is 5.83. The first kappa shape index (κ1) is 9.59. The van der Waals surface area contributed by atoms with Gasteiger partial charge in [-0.05, 0) is 25.3 Å². The van der Waals surface area contributed by atoms with Crippen LogP contribution >= 0.6 is 11.3 Å². The van der Waals surface area contributed by atoms with E-state index in [-0.39, 0.29) is 5.78 Å². The normalized spacial score (nSPS) is 17.7. The van der Waals surface area contributed by atoms with Gasteiger partial charge in [-0.25, -0.2) is 4.98 Å². The Hall–Kier alpha value is -0.960. The highest BCUT2D eigenvalue weighted by Gasteiger charge is 2.09. The Morgan fingerprint density at radius 3 is 3.00 bits per heavy atom. The molecule has 0 atom stereocenters. The maximum atomic E-state index is 11.3. The van der Waals surface area contributed by atoms with Gasteiger partial charge in [0, 0.05) is 24.4 Å². The molecule has 2 rings (SSSR count). The molecule has 0 bridgehead atoms. The second kappa shape index (κ2) is 4.51. The van der Waals surface area contributed by atoms with Gasteiger partial charge in [-0.2, -0.15) is 0 Å². The zero-order valence-electron chi connectivity index (χ0n) is 8.03. The highest BCUT2D eigenvalue weighted by molar-refractivity contribution is 7.09. The largest absolute Gasteiger partial charge is 0.295 e. The third kappa shape index (κ3) is 2.51. The number of ketones is 1. The van der Waals surface area contributed by atoms with E-state index in [0.29, 0.717) is 0 Å². The Labute approximate surface area is 87.7 Å². The Balaban J connectivity index is 2.05. The van der Waals surface area contributed by atoms with Gasteiger partial charge in [0.1, 0.15) is 0 Å². The van der Waals surface area contributed by atoms with Crippen LogP contribution in [0.25, 0.3) is 0 Å². The summed E-state index contributed by atoms with van der Waals surface area (Å²) >= 11 is 1.66. The summed E-state index contributed by atoms with van der Waals surface area (Å²) in [5.74, 6) is 0.286. The third-order valence-corrected chi connectivity index (χ3v) is 3.18. The Kier molecular flexibility index (Phi) is 3.09. The van der Waals surface area contributed by atoms with Gasteiger partial charge in [-0.15, -0.1) is 11.3 Å². The lowest BCUT2D eigenvalue weighted by atomic mass is 10.1. The minimum Gasteiger partial charge on any atom is -0.295 e. The van der Waals surface area contributed by atoms with Crippen molar-refractivity contribution in [1.29, 1.82) is 0 Å².